The van der Waals surface area contributed by atoms with Crippen molar-refractivity contribution in [3.8, 4) is 16.3 Å². The van der Waals surface area contributed by atoms with Gasteiger partial charge in [0.2, 0.25) is 0 Å². The Morgan fingerprint density at radius 1 is 0.871 bits per heavy atom. The van der Waals surface area contributed by atoms with Crippen molar-refractivity contribution in [2.24, 2.45) is 0 Å². The fraction of sp³-hybridized carbons (Fsp3) is 0.250. The van der Waals surface area contributed by atoms with Crippen LogP contribution in [0, 0.1) is 0 Å². The number of thiazole rings is 2. The second-order valence-electron chi connectivity index (χ2n) is 7.73. The van der Waals surface area contributed by atoms with Crippen LogP contribution >= 0.6 is 34.0 Å². The third-order valence-electron chi connectivity index (χ3n) is 5.75. The van der Waals surface area contributed by atoms with Crippen LogP contribution in [-0.4, -0.2) is 17.1 Å². The zero-order chi connectivity index (χ0) is 20.8. The van der Waals surface area contributed by atoms with Gasteiger partial charge in [0.05, 0.1) is 27.5 Å². The summed E-state index contributed by atoms with van der Waals surface area (Å²) in [5.74, 6) is 0.862. The zero-order valence-corrected chi connectivity index (χ0v) is 19.6. The van der Waals surface area contributed by atoms with E-state index >= 15 is 0 Å². The van der Waals surface area contributed by atoms with E-state index < -0.39 is 0 Å². The van der Waals surface area contributed by atoms with Crippen LogP contribution in [0.5, 0.6) is 5.75 Å². The minimum absolute atomic E-state index is 0.862. The van der Waals surface area contributed by atoms with Crippen LogP contribution in [0.1, 0.15) is 29.7 Å². The predicted molar refractivity (Wildman–Crippen MR) is 134 cm³/mol. The molecular weight excluding hydrogens is 442 g/mol. The second kappa shape index (κ2) is 7.89. The predicted octanol–water partition coefficient (Wildman–Crippen LogP) is 7.66. The fourth-order valence-corrected chi connectivity index (χ4v) is 7.58. The number of aromatic nitrogens is 2. The Kier molecular flexibility index (Phi) is 4.89. The molecule has 4 nitrogen and oxygen atoms in total. The summed E-state index contributed by atoms with van der Waals surface area (Å²) in [5.41, 5.74) is 4.86. The van der Waals surface area contributed by atoms with E-state index in [1.54, 1.807) is 29.8 Å². The normalized spacial score (nSPS) is 14.0. The molecule has 7 heteroatoms. The third kappa shape index (κ3) is 3.50. The molecule has 0 saturated carbocycles. The standard InChI is InChI=1S/C24H21N3OS3/c1-28-14-11-12-17-20(13-14)31-24(26-17)27-23-21(15-7-3-2-4-9-18(15)29-23)22-25-16-8-5-6-10-19(16)30-22/h5-6,8,10-13H,2-4,7,9H2,1H3,(H,26,27). The van der Waals surface area contributed by atoms with E-state index in [-0.39, 0.29) is 0 Å². The van der Waals surface area contributed by atoms with Crippen LogP contribution in [0.4, 0.5) is 10.1 Å². The molecule has 5 aromatic rings. The number of nitrogens with zero attached hydrogens (tertiary/aromatic N) is 2. The molecule has 1 N–H and O–H groups in total. The summed E-state index contributed by atoms with van der Waals surface area (Å²) in [6.45, 7) is 0. The first-order valence-corrected chi connectivity index (χ1v) is 13.0. The lowest BCUT2D eigenvalue weighted by Crippen LogP contribution is -1.92. The first-order valence-electron chi connectivity index (χ1n) is 10.5. The number of para-hydroxylation sites is 1. The summed E-state index contributed by atoms with van der Waals surface area (Å²) in [5, 5.41) is 6.88. The largest absolute Gasteiger partial charge is 0.497 e. The maximum atomic E-state index is 5.38. The molecule has 0 amide bonds. The quantitative estimate of drug-likeness (QED) is 0.278. The van der Waals surface area contributed by atoms with Crippen molar-refractivity contribution in [1.82, 2.24) is 9.97 Å². The number of hydrogen-bond donors (Lipinski definition) is 1. The highest BCUT2D eigenvalue weighted by molar-refractivity contribution is 7.24. The lowest BCUT2D eigenvalue weighted by atomic mass is 10.1. The van der Waals surface area contributed by atoms with Gasteiger partial charge in [-0.15, -0.1) is 22.7 Å². The number of fused-ring (bicyclic) bond motifs is 3. The number of anilines is 2. The average molecular weight is 464 g/mol. The highest BCUT2D eigenvalue weighted by Crippen LogP contribution is 2.47. The van der Waals surface area contributed by atoms with Crippen LogP contribution in [0.2, 0.25) is 0 Å². The molecule has 0 radical (unpaired) electrons. The Hall–Kier alpha value is -2.48. The van der Waals surface area contributed by atoms with Crippen molar-refractivity contribution in [3.63, 3.8) is 0 Å². The minimum atomic E-state index is 0.862. The van der Waals surface area contributed by atoms with Crippen LogP contribution in [0.15, 0.2) is 42.5 Å². The molecule has 0 aliphatic heterocycles. The van der Waals surface area contributed by atoms with Gasteiger partial charge in [0, 0.05) is 10.4 Å². The summed E-state index contributed by atoms with van der Waals surface area (Å²) >= 11 is 5.35. The molecule has 0 fully saturated rings. The van der Waals surface area contributed by atoms with Crippen molar-refractivity contribution >= 4 is 64.6 Å². The molecule has 2 aromatic carbocycles. The Morgan fingerprint density at radius 3 is 2.65 bits per heavy atom. The van der Waals surface area contributed by atoms with Gasteiger partial charge in [-0.3, -0.25) is 0 Å². The van der Waals surface area contributed by atoms with E-state index in [1.165, 1.54) is 45.0 Å². The Morgan fingerprint density at radius 2 is 1.74 bits per heavy atom. The number of methoxy groups -OCH3 is 1. The smallest absolute Gasteiger partial charge is 0.188 e. The molecule has 0 spiro atoms. The lowest BCUT2D eigenvalue weighted by molar-refractivity contribution is 0.415. The van der Waals surface area contributed by atoms with Gasteiger partial charge in [0.1, 0.15) is 15.8 Å². The number of aryl methyl sites for hydroxylation is 1. The molecule has 6 rings (SSSR count). The Labute approximate surface area is 192 Å². The molecule has 1 aliphatic carbocycles. The molecular formula is C24H21N3OS3. The second-order valence-corrected chi connectivity index (χ2v) is 10.9. The van der Waals surface area contributed by atoms with E-state index in [0.29, 0.717) is 0 Å². The number of ether oxygens (including phenoxy) is 1. The van der Waals surface area contributed by atoms with Crippen molar-refractivity contribution in [2.75, 3.05) is 12.4 Å². The van der Waals surface area contributed by atoms with Gasteiger partial charge in [-0.1, -0.05) is 29.9 Å². The summed E-state index contributed by atoms with van der Waals surface area (Å²) in [4.78, 5) is 11.4. The first kappa shape index (κ1) is 19.2. The molecule has 1 aliphatic rings. The molecule has 3 aromatic heterocycles. The molecule has 0 atom stereocenters. The Bertz CT molecular complexity index is 1370. The molecule has 0 saturated heterocycles. The zero-order valence-electron chi connectivity index (χ0n) is 17.1. The van der Waals surface area contributed by atoms with E-state index in [2.05, 4.69) is 35.6 Å². The summed E-state index contributed by atoms with van der Waals surface area (Å²) in [6, 6.07) is 14.5. The molecule has 0 unspecified atom stereocenters. The Balaban J connectivity index is 1.46. The molecule has 3 heterocycles. The highest BCUT2D eigenvalue weighted by Gasteiger charge is 2.24. The minimum Gasteiger partial charge on any atom is -0.497 e. The summed E-state index contributed by atoms with van der Waals surface area (Å²) in [7, 11) is 1.70. The third-order valence-corrected chi connectivity index (χ3v) is 8.94. The topological polar surface area (TPSA) is 47.0 Å². The molecule has 31 heavy (non-hydrogen) atoms. The molecule has 0 bridgehead atoms. The fourth-order valence-electron chi connectivity index (χ4n) is 4.22. The van der Waals surface area contributed by atoms with Crippen LogP contribution in [0.3, 0.4) is 0 Å². The van der Waals surface area contributed by atoms with E-state index in [0.717, 1.165) is 44.5 Å². The van der Waals surface area contributed by atoms with Gasteiger partial charge in [-0.2, -0.15) is 0 Å². The number of hydrogen-bond acceptors (Lipinski definition) is 7. The van der Waals surface area contributed by atoms with Crippen LogP contribution in [-0.2, 0) is 12.8 Å². The number of rotatable bonds is 4. The summed E-state index contributed by atoms with van der Waals surface area (Å²) in [6.07, 6.45) is 6.13. The summed E-state index contributed by atoms with van der Waals surface area (Å²) < 4.78 is 7.74. The monoisotopic (exact) mass is 463 g/mol. The lowest BCUT2D eigenvalue weighted by Gasteiger charge is -2.05. The van der Waals surface area contributed by atoms with E-state index in [9.17, 15) is 0 Å². The van der Waals surface area contributed by atoms with Gasteiger partial charge < -0.3 is 10.1 Å². The SMILES string of the molecule is COc1ccc2nc(Nc3sc4c(c3-c3nc5ccccc5s3)CCCCC4)sc2c1. The van der Waals surface area contributed by atoms with Crippen molar-refractivity contribution in [2.45, 2.75) is 32.1 Å². The van der Waals surface area contributed by atoms with Crippen LogP contribution < -0.4 is 10.1 Å². The van der Waals surface area contributed by atoms with Gasteiger partial charge in [-0.25, -0.2) is 9.97 Å². The van der Waals surface area contributed by atoms with Gasteiger partial charge >= 0.3 is 0 Å². The van der Waals surface area contributed by atoms with Crippen molar-refractivity contribution in [3.05, 3.63) is 52.9 Å². The maximum absolute atomic E-state index is 5.38. The van der Waals surface area contributed by atoms with Gasteiger partial charge in [0.25, 0.3) is 0 Å². The maximum Gasteiger partial charge on any atom is 0.188 e. The van der Waals surface area contributed by atoms with E-state index in [4.69, 9.17) is 14.7 Å². The molecule has 156 valence electrons. The highest BCUT2D eigenvalue weighted by atomic mass is 32.1. The van der Waals surface area contributed by atoms with Crippen LogP contribution in [0.25, 0.3) is 31.0 Å². The number of thiophene rings is 1. The van der Waals surface area contributed by atoms with Crippen molar-refractivity contribution < 1.29 is 4.74 Å². The number of nitrogens with one attached hydrogen (secondary N) is 1. The average Bonchev–Trinajstić information content (AvgIpc) is 3.43. The first-order chi connectivity index (χ1) is 15.3. The van der Waals surface area contributed by atoms with E-state index in [1.807, 2.05) is 23.5 Å². The number of benzene rings is 2. The van der Waals surface area contributed by atoms with Gasteiger partial charge in [-0.05, 0) is 61.6 Å². The van der Waals surface area contributed by atoms with Crippen molar-refractivity contribution in [1.29, 1.82) is 0 Å². The van der Waals surface area contributed by atoms with Gasteiger partial charge in [0.15, 0.2) is 5.13 Å².